The number of aliphatic hydroxyl groups excluding tert-OH is 1. The number of rotatable bonds is 7. The van der Waals surface area contributed by atoms with Gasteiger partial charge in [0.15, 0.2) is 0 Å². The van der Waals surface area contributed by atoms with Gasteiger partial charge < -0.3 is 20.1 Å². The summed E-state index contributed by atoms with van der Waals surface area (Å²) >= 11 is 0. The minimum absolute atomic E-state index is 0.0205. The molecule has 2 aromatic carbocycles. The zero-order chi connectivity index (χ0) is 19.3. The third-order valence-electron chi connectivity index (χ3n) is 4.88. The van der Waals surface area contributed by atoms with E-state index >= 15 is 0 Å². The number of methoxy groups -OCH3 is 1. The number of anilines is 1. The number of nitrogens with one attached hydrogen (secondary N) is 2. The Kier molecular flexibility index (Phi) is 5.26. The van der Waals surface area contributed by atoms with Gasteiger partial charge in [-0.1, -0.05) is 24.3 Å². The molecule has 5 heteroatoms. The Morgan fingerprint density at radius 3 is 2.68 bits per heavy atom. The Morgan fingerprint density at radius 2 is 1.89 bits per heavy atom. The van der Waals surface area contributed by atoms with Crippen molar-refractivity contribution in [1.82, 2.24) is 9.97 Å². The number of H-pyrrole nitrogens is 1. The molecular formula is C23H23N3O2. The van der Waals surface area contributed by atoms with Crippen molar-refractivity contribution in [2.75, 3.05) is 19.0 Å². The highest BCUT2D eigenvalue weighted by Crippen LogP contribution is 2.29. The zero-order valence-corrected chi connectivity index (χ0v) is 15.7. The lowest BCUT2D eigenvalue weighted by atomic mass is 10.0. The number of ether oxygens (including phenoxy) is 1. The van der Waals surface area contributed by atoms with Crippen molar-refractivity contribution in [2.24, 2.45) is 0 Å². The average Bonchev–Trinajstić information content (AvgIpc) is 3.15. The van der Waals surface area contributed by atoms with Gasteiger partial charge in [-0.2, -0.15) is 0 Å². The molecule has 5 nitrogen and oxygen atoms in total. The van der Waals surface area contributed by atoms with Gasteiger partial charge >= 0.3 is 0 Å². The van der Waals surface area contributed by atoms with E-state index in [1.54, 1.807) is 19.5 Å². The molecule has 142 valence electrons. The number of aromatic nitrogens is 2. The number of hydrogen-bond acceptors (Lipinski definition) is 4. The average molecular weight is 373 g/mol. The summed E-state index contributed by atoms with van der Waals surface area (Å²) in [6.07, 6.45) is 4.20. The molecule has 0 aliphatic carbocycles. The molecular weight excluding hydrogens is 350 g/mol. The van der Waals surface area contributed by atoms with Crippen molar-refractivity contribution < 1.29 is 9.84 Å². The van der Waals surface area contributed by atoms with Crippen molar-refractivity contribution in [3.63, 3.8) is 0 Å². The molecule has 0 radical (unpaired) electrons. The fraction of sp³-hybridized carbons (Fsp3) is 0.174. The first-order chi connectivity index (χ1) is 13.8. The maximum absolute atomic E-state index is 9.52. The summed E-state index contributed by atoms with van der Waals surface area (Å²) in [6.45, 7) is 0.0985. The van der Waals surface area contributed by atoms with Crippen LogP contribution in [0.2, 0.25) is 0 Å². The van der Waals surface area contributed by atoms with E-state index in [9.17, 15) is 5.11 Å². The summed E-state index contributed by atoms with van der Waals surface area (Å²) in [5.74, 6) is 1.73. The van der Waals surface area contributed by atoms with Gasteiger partial charge in [-0.05, 0) is 59.5 Å². The highest BCUT2D eigenvalue weighted by molar-refractivity contribution is 5.88. The molecule has 0 fully saturated rings. The largest absolute Gasteiger partial charge is 0.497 e. The summed E-state index contributed by atoms with van der Waals surface area (Å²) in [5, 5.41) is 14.2. The van der Waals surface area contributed by atoms with Crippen LogP contribution in [0.4, 0.5) is 5.82 Å². The second kappa shape index (κ2) is 8.15. The lowest BCUT2D eigenvalue weighted by Gasteiger charge is -2.19. The van der Waals surface area contributed by atoms with E-state index in [0.717, 1.165) is 39.2 Å². The molecule has 0 bridgehead atoms. The number of aromatic amines is 1. The molecule has 0 saturated heterocycles. The molecule has 4 rings (SSSR count). The highest BCUT2D eigenvalue weighted by atomic mass is 16.5. The topological polar surface area (TPSA) is 70.2 Å². The fourth-order valence-electron chi connectivity index (χ4n) is 3.43. The van der Waals surface area contributed by atoms with Crippen molar-refractivity contribution in [3.05, 3.63) is 78.6 Å². The lowest BCUT2D eigenvalue weighted by Crippen LogP contribution is -2.12. The van der Waals surface area contributed by atoms with Crippen molar-refractivity contribution in [1.29, 1.82) is 0 Å². The lowest BCUT2D eigenvalue weighted by molar-refractivity contribution is 0.280. The minimum atomic E-state index is -0.0205. The number of fused-ring (bicyclic) bond motifs is 1. The van der Waals surface area contributed by atoms with E-state index in [1.165, 1.54) is 0 Å². The van der Waals surface area contributed by atoms with E-state index in [2.05, 4.69) is 39.6 Å². The Labute approximate surface area is 164 Å². The van der Waals surface area contributed by atoms with Crippen molar-refractivity contribution >= 4 is 16.7 Å². The highest BCUT2D eigenvalue weighted by Gasteiger charge is 2.13. The Bertz CT molecular complexity index is 1060. The molecule has 1 atom stereocenters. The number of pyridine rings is 1. The van der Waals surface area contributed by atoms with Crippen LogP contribution in [-0.2, 0) is 0 Å². The van der Waals surface area contributed by atoms with Crippen molar-refractivity contribution in [3.8, 4) is 16.9 Å². The molecule has 2 aromatic heterocycles. The molecule has 0 aliphatic rings. The van der Waals surface area contributed by atoms with Crippen LogP contribution < -0.4 is 10.1 Å². The molecule has 2 heterocycles. The summed E-state index contributed by atoms with van der Waals surface area (Å²) in [4.78, 5) is 7.53. The van der Waals surface area contributed by atoms with Crippen LogP contribution in [0.5, 0.6) is 5.75 Å². The first-order valence-corrected chi connectivity index (χ1v) is 9.31. The van der Waals surface area contributed by atoms with E-state index < -0.39 is 0 Å². The van der Waals surface area contributed by atoms with Gasteiger partial charge in [0.05, 0.1) is 13.2 Å². The number of benzene rings is 2. The van der Waals surface area contributed by atoms with Crippen LogP contribution in [0.3, 0.4) is 0 Å². The minimum Gasteiger partial charge on any atom is -0.497 e. The molecule has 0 amide bonds. The molecule has 1 unspecified atom stereocenters. The van der Waals surface area contributed by atoms with Crippen LogP contribution >= 0.6 is 0 Å². The fourth-order valence-corrected chi connectivity index (χ4v) is 3.43. The molecule has 28 heavy (non-hydrogen) atoms. The van der Waals surface area contributed by atoms with E-state index in [-0.39, 0.29) is 12.6 Å². The van der Waals surface area contributed by atoms with Crippen LogP contribution in [0.15, 0.2) is 73.1 Å². The molecule has 3 N–H and O–H groups in total. The maximum atomic E-state index is 9.52. The van der Waals surface area contributed by atoms with Gasteiger partial charge in [-0.15, -0.1) is 0 Å². The van der Waals surface area contributed by atoms with E-state index in [4.69, 9.17) is 4.74 Å². The predicted molar refractivity (Wildman–Crippen MR) is 113 cm³/mol. The van der Waals surface area contributed by atoms with Gasteiger partial charge in [-0.3, -0.25) is 4.98 Å². The Hall–Kier alpha value is -3.31. The van der Waals surface area contributed by atoms with Crippen LogP contribution in [0, 0.1) is 0 Å². The first-order valence-electron chi connectivity index (χ1n) is 9.31. The summed E-state index contributed by atoms with van der Waals surface area (Å²) in [7, 11) is 1.66. The quantitative estimate of drug-likeness (QED) is 0.436. The van der Waals surface area contributed by atoms with Crippen LogP contribution in [-0.4, -0.2) is 28.8 Å². The summed E-state index contributed by atoms with van der Waals surface area (Å²) in [5.41, 5.74) is 4.41. The second-order valence-electron chi connectivity index (χ2n) is 6.71. The molecule has 0 aliphatic heterocycles. The molecule has 4 aromatic rings. The zero-order valence-electron chi connectivity index (χ0n) is 15.7. The van der Waals surface area contributed by atoms with Gasteiger partial charge in [0.2, 0.25) is 0 Å². The first kappa shape index (κ1) is 18.1. The second-order valence-corrected chi connectivity index (χ2v) is 6.71. The van der Waals surface area contributed by atoms with E-state index in [1.807, 2.05) is 36.4 Å². The van der Waals surface area contributed by atoms with Gasteiger partial charge in [0.1, 0.15) is 11.6 Å². The molecule has 0 saturated carbocycles. The normalized spacial score (nSPS) is 12.1. The maximum Gasteiger partial charge on any atom is 0.119 e. The third kappa shape index (κ3) is 3.85. The van der Waals surface area contributed by atoms with Gasteiger partial charge in [-0.25, -0.2) is 0 Å². The smallest absolute Gasteiger partial charge is 0.119 e. The summed E-state index contributed by atoms with van der Waals surface area (Å²) < 4.78 is 5.33. The van der Waals surface area contributed by atoms with Gasteiger partial charge in [0, 0.05) is 29.9 Å². The number of hydrogen-bond donors (Lipinski definition) is 3. The standard InChI is InChI=1S/C23H23N3O2/c1-28-20-4-2-3-18(13-20)21(9-12-27)25-23-15-19-6-5-17(14-22(19)26-23)16-7-10-24-11-8-16/h2-8,10-11,13-15,21,25-27H,9,12H2,1H3. The Morgan fingerprint density at radius 1 is 1.04 bits per heavy atom. The van der Waals surface area contributed by atoms with Crippen molar-refractivity contribution in [2.45, 2.75) is 12.5 Å². The Balaban J connectivity index is 1.62. The number of nitrogens with zero attached hydrogens (tertiary/aromatic N) is 1. The summed E-state index contributed by atoms with van der Waals surface area (Å²) in [6, 6.07) is 20.4. The monoisotopic (exact) mass is 373 g/mol. The van der Waals surface area contributed by atoms with E-state index in [0.29, 0.717) is 6.42 Å². The predicted octanol–water partition coefficient (Wildman–Crippen LogP) is 4.77. The number of aliphatic hydroxyl groups is 1. The van der Waals surface area contributed by atoms with Gasteiger partial charge in [0.25, 0.3) is 0 Å². The SMILES string of the molecule is COc1cccc(C(CCO)Nc2cc3ccc(-c4ccncc4)cc3[nH]2)c1. The van der Waals surface area contributed by atoms with Crippen LogP contribution in [0.25, 0.3) is 22.0 Å². The third-order valence-corrected chi connectivity index (χ3v) is 4.88. The van der Waals surface area contributed by atoms with Crippen LogP contribution in [0.1, 0.15) is 18.0 Å². The molecule has 0 spiro atoms.